The lowest BCUT2D eigenvalue weighted by Gasteiger charge is -2.27. The van der Waals surface area contributed by atoms with Crippen LogP contribution in [0.15, 0.2) is 206 Å². The number of aromatic nitrogens is 2. The second-order valence-corrected chi connectivity index (χ2v) is 15.8. The molecule has 1 spiro atoms. The first-order chi connectivity index (χ1) is 28.8. The van der Waals surface area contributed by atoms with Crippen LogP contribution in [0.4, 0.5) is 0 Å². The summed E-state index contributed by atoms with van der Waals surface area (Å²) < 4.78 is 2.46. The van der Waals surface area contributed by atoms with Gasteiger partial charge in [-0.3, -0.25) is 4.57 Å². The maximum atomic E-state index is 5.49. The van der Waals surface area contributed by atoms with Gasteiger partial charge in [0, 0.05) is 5.56 Å². The summed E-state index contributed by atoms with van der Waals surface area (Å²) in [7, 11) is 0. The van der Waals surface area contributed by atoms with Crippen LogP contribution >= 0.6 is 0 Å². The zero-order chi connectivity index (χ0) is 38.0. The average molecular weight is 735 g/mol. The second kappa shape index (κ2) is 11.7. The Morgan fingerprint density at radius 2 is 0.793 bits per heavy atom. The number of hydrogen-bond donors (Lipinski definition) is 0. The lowest BCUT2D eigenvalue weighted by atomic mass is 9.72. The molecule has 0 atom stereocenters. The molecule has 2 nitrogen and oxygen atoms in total. The number of hydrogen-bond acceptors (Lipinski definition) is 1. The molecule has 2 heteroatoms. The highest BCUT2D eigenvalue weighted by Crippen LogP contribution is 2.61. The van der Waals surface area contributed by atoms with Crippen LogP contribution in [0.5, 0.6) is 0 Å². The van der Waals surface area contributed by atoms with Gasteiger partial charge in [0.1, 0.15) is 11.2 Å². The molecule has 0 fully saturated rings. The number of nitrogens with zero attached hydrogens (tertiary/aromatic N) is 2. The quantitative estimate of drug-likeness (QED) is 0.165. The van der Waals surface area contributed by atoms with E-state index in [1.807, 2.05) is 0 Å². The lowest BCUT2D eigenvalue weighted by molar-refractivity contribution is 0.738. The predicted molar refractivity (Wildman–Crippen MR) is 241 cm³/mol. The number of imidazole rings is 1. The van der Waals surface area contributed by atoms with Crippen molar-refractivity contribution in [1.29, 1.82) is 0 Å². The topological polar surface area (TPSA) is 17.8 Å². The van der Waals surface area contributed by atoms with E-state index in [9.17, 15) is 0 Å². The van der Waals surface area contributed by atoms with E-state index in [0.29, 0.717) is 0 Å². The van der Waals surface area contributed by atoms with Gasteiger partial charge in [0.25, 0.3) is 0 Å². The molecular weight excluding hydrogens is 701 g/mol. The average Bonchev–Trinajstić information content (AvgIpc) is 3.93. The smallest absolute Gasteiger partial charge is 0.134 e. The van der Waals surface area contributed by atoms with Crippen molar-refractivity contribution in [3.05, 3.63) is 229 Å². The molecule has 0 N–H and O–H groups in total. The Kier molecular flexibility index (Phi) is 6.40. The molecule has 0 saturated carbocycles. The van der Waals surface area contributed by atoms with Gasteiger partial charge < -0.3 is 0 Å². The number of benzene rings is 10. The van der Waals surface area contributed by atoms with Crippen LogP contribution < -0.4 is 0 Å². The number of fused-ring (bicyclic) bond motifs is 18. The van der Waals surface area contributed by atoms with Crippen molar-refractivity contribution >= 4 is 43.4 Å². The Balaban J connectivity index is 0.983. The van der Waals surface area contributed by atoms with Gasteiger partial charge in [-0.25, -0.2) is 4.98 Å². The summed E-state index contributed by atoms with van der Waals surface area (Å²) in [5, 5.41) is 7.76. The number of rotatable bonds is 3. The van der Waals surface area contributed by atoms with Crippen LogP contribution in [-0.2, 0) is 5.41 Å². The third-order valence-corrected chi connectivity index (χ3v) is 13.0. The third-order valence-electron chi connectivity index (χ3n) is 13.0. The SMILES string of the molecule is c1cc(-c2cccc(-c3cccc4c3-n3c(nc5ccccc53)C43c4ccccc4-c4ccccc43)c2)cc(-c2ccc3c4ccccc4c4ccccc4c3c2)c1. The van der Waals surface area contributed by atoms with Crippen molar-refractivity contribution in [2.75, 3.05) is 0 Å². The van der Waals surface area contributed by atoms with E-state index in [-0.39, 0.29) is 0 Å². The van der Waals surface area contributed by atoms with Gasteiger partial charge in [0.15, 0.2) is 0 Å². The fourth-order valence-electron chi connectivity index (χ4n) is 10.5. The van der Waals surface area contributed by atoms with Crippen molar-refractivity contribution in [2.45, 2.75) is 5.41 Å². The van der Waals surface area contributed by atoms with E-state index < -0.39 is 5.41 Å². The minimum atomic E-state index is -0.527. The van der Waals surface area contributed by atoms with E-state index in [1.54, 1.807) is 0 Å². The summed E-state index contributed by atoms with van der Waals surface area (Å²) in [6.45, 7) is 0. The zero-order valence-corrected chi connectivity index (χ0v) is 31.5. The molecule has 1 aliphatic carbocycles. The highest BCUT2D eigenvalue weighted by atomic mass is 15.1. The molecule has 2 aliphatic rings. The molecule has 13 rings (SSSR count). The normalized spacial score (nSPS) is 13.3. The highest BCUT2D eigenvalue weighted by molar-refractivity contribution is 6.25. The first kappa shape index (κ1) is 31.6. The van der Waals surface area contributed by atoms with Crippen molar-refractivity contribution < 1.29 is 0 Å². The standard InChI is InChI=1S/C56H34N2/c1-2-20-43-41(18-1)42-19-3-4-21-44(42)48-34-38(30-31-45(43)48)36-15-11-14-35(32-36)37-16-12-17-39(33-37)40-24-13-27-51-54(40)58-53-29-10-9-28-52(53)57-55(58)56(51)49-25-7-5-22-46(49)47-23-6-8-26-50(47)56/h1-34H. The van der Waals surface area contributed by atoms with Crippen molar-refractivity contribution in [3.63, 3.8) is 0 Å². The van der Waals surface area contributed by atoms with E-state index in [4.69, 9.17) is 4.98 Å². The maximum absolute atomic E-state index is 5.49. The van der Waals surface area contributed by atoms with Crippen LogP contribution in [0, 0.1) is 0 Å². The molecule has 1 aliphatic heterocycles. The van der Waals surface area contributed by atoms with E-state index in [2.05, 4.69) is 211 Å². The Bertz CT molecular complexity index is 3450. The molecule has 0 radical (unpaired) electrons. The molecule has 268 valence electrons. The minimum absolute atomic E-state index is 0.527. The van der Waals surface area contributed by atoms with Crippen LogP contribution in [0.25, 0.3) is 93.5 Å². The molecule has 58 heavy (non-hydrogen) atoms. The van der Waals surface area contributed by atoms with Gasteiger partial charge >= 0.3 is 0 Å². The zero-order valence-electron chi connectivity index (χ0n) is 31.5. The fourth-order valence-corrected chi connectivity index (χ4v) is 10.5. The second-order valence-electron chi connectivity index (χ2n) is 15.8. The summed E-state index contributed by atoms with van der Waals surface area (Å²) >= 11 is 0. The molecule has 0 unspecified atom stereocenters. The summed E-state index contributed by atoms with van der Waals surface area (Å²) in [6.07, 6.45) is 0. The van der Waals surface area contributed by atoms with Crippen LogP contribution in [0.2, 0.25) is 0 Å². The van der Waals surface area contributed by atoms with E-state index in [1.165, 1.54) is 99.2 Å². The summed E-state index contributed by atoms with van der Waals surface area (Å²) in [6, 6.07) is 76.0. The molecule has 0 bridgehead atoms. The molecule has 0 amide bonds. The molecule has 11 aromatic rings. The van der Waals surface area contributed by atoms with Crippen molar-refractivity contribution in [3.8, 4) is 50.2 Å². The molecular formula is C56H34N2. The van der Waals surface area contributed by atoms with Gasteiger partial charge in [-0.2, -0.15) is 0 Å². The molecule has 2 heterocycles. The lowest BCUT2D eigenvalue weighted by Crippen LogP contribution is -2.27. The monoisotopic (exact) mass is 734 g/mol. The Morgan fingerprint density at radius 1 is 0.328 bits per heavy atom. The predicted octanol–water partition coefficient (Wildman–Crippen LogP) is 14.2. The van der Waals surface area contributed by atoms with Crippen molar-refractivity contribution in [1.82, 2.24) is 9.55 Å². The first-order valence-corrected chi connectivity index (χ1v) is 20.1. The fraction of sp³-hybridized carbons (Fsp3) is 0.0179. The first-order valence-electron chi connectivity index (χ1n) is 20.1. The highest BCUT2D eigenvalue weighted by Gasteiger charge is 2.54. The van der Waals surface area contributed by atoms with E-state index in [0.717, 1.165) is 16.9 Å². The van der Waals surface area contributed by atoms with Crippen LogP contribution in [-0.4, -0.2) is 9.55 Å². The number of para-hydroxylation sites is 3. The van der Waals surface area contributed by atoms with Gasteiger partial charge in [0.2, 0.25) is 0 Å². The van der Waals surface area contributed by atoms with Gasteiger partial charge in [-0.1, -0.05) is 176 Å². The van der Waals surface area contributed by atoms with Gasteiger partial charge in [0.05, 0.1) is 16.7 Å². The van der Waals surface area contributed by atoms with Crippen LogP contribution in [0.3, 0.4) is 0 Å². The Hall–Kier alpha value is -7.55. The summed E-state index contributed by atoms with van der Waals surface area (Å²) in [5.41, 5.74) is 16.4. The van der Waals surface area contributed by atoms with Gasteiger partial charge in [-0.15, -0.1) is 0 Å². The van der Waals surface area contributed by atoms with Gasteiger partial charge in [-0.05, 0) is 118 Å². The summed E-state index contributed by atoms with van der Waals surface area (Å²) in [4.78, 5) is 5.49. The largest absolute Gasteiger partial charge is 0.294 e. The van der Waals surface area contributed by atoms with Crippen molar-refractivity contribution in [2.24, 2.45) is 0 Å². The van der Waals surface area contributed by atoms with Crippen LogP contribution in [0.1, 0.15) is 22.5 Å². The summed E-state index contributed by atoms with van der Waals surface area (Å²) in [5.74, 6) is 1.06. The third kappa shape index (κ3) is 4.13. The minimum Gasteiger partial charge on any atom is -0.294 e. The molecule has 0 saturated heterocycles. The Morgan fingerprint density at radius 3 is 1.47 bits per heavy atom. The maximum Gasteiger partial charge on any atom is 0.134 e. The molecule has 10 aromatic carbocycles. The Labute approximate surface area is 335 Å². The molecule has 1 aromatic heterocycles. The van der Waals surface area contributed by atoms with E-state index >= 15 is 0 Å².